The van der Waals surface area contributed by atoms with Gasteiger partial charge in [0.25, 0.3) is 0 Å². The molecule has 2 amide bonds. The van der Waals surface area contributed by atoms with Crippen molar-refractivity contribution in [3.63, 3.8) is 0 Å². The molecule has 1 aliphatic heterocycles. The molecule has 0 saturated carbocycles. The van der Waals surface area contributed by atoms with Crippen molar-refractivity contribution in [1.29, 1.82) is 0 Å². The van der Waals surface area contributed by atoms with E-state index in [0.29, 0.717) is 17.5 Å². The largest absolute Gasteiger partial charge is 0.281 e. The summed E-state index contributed by atoms with van der Waals surface area (Å²) in [4.78, 5) is 31.5. The van der Waals surface area contributed by atoms with E-state index in [9.17, 15) is 9.59 Å². The average Bonchev–Trinajstić information content (AvgIpc) is 2.85. The number of aromatic nitrogens is 2. The van der Waals surface area contributed by atoms with E-state index >= 15 is 0 Å². The first-order valence-corrected chi connectivity index (χ1v) is 7.33. The molecule has 2 heterocycles. The van der Waals surface area contributed by atoms with Crippen molar-refractivity contribution in [2.45, 2.75) is 13.5 Å². The van der Waals surface area contributed by atoms with Crippen LogP contribution < -0.4 is 4.90 Å². The van der Waals surface area contributed by atoms with Gasteiger partial charge < -0.3 is 0 Å². The van der Waals surface area contributed by atoms with Crippen molar-refractivity contribution in [2.75, 3.05) is 18.0 Å². The molecule has 0 unspecified atom stereocenters. The molecule has 1 aromatic carbocycles. The van der Waals surface area contributed by atoms with E-state index in [1.807, 2.05) is 35.2 Å². The quantitative estimate of drug-likeness (QED) is 0.798. The van der Waals surface area contributed by atoms with E-state index < -0.39 is 0 Å². The van der Waals surface area contributed by atoms with Crippen molar-refractivity contribution >= 4 is 28.5 Å². The minimum atomic E-state index is -0.252. The first kappa shape index (κ1) is 13.8. The fourth-order valence-electron chi connectivity index (χ4n) is 2.26. The van der Waals surface area contributed by atoms with E-state index in [-0.39, 0.29) is 24.9 Å². The molecule has 0 atom stereocenters. The summed E-state index contributed by atoms with van der Waals surface area (Å²) in [7, 11) is 0. The van der Waals surface area contributed by atoms with Crippen LogP contribution in [0.25, 0.3) is 0 Å². The Morgan fingerprint density at radius 3 is 2.38 bits per heavy atom. The summed E-state index contributed by atoms with van der Waals surface area (Å²) in [6.07, 6.45) is 0. The van der Waals surface area contributed by atoms with E-state index in [4.69, 9.17) is 0 Å². The standard InChI is InChI=1S/C14H14N4O2S/c1-10-15-14(21-16-10)18-12(19)8-17(9-13(18)20)7-11-5-3-2-4-6-11/h2-6H,7-9H2,1H3. The summed E-state index contributed by atoms with van der Waals surface area (Å²) in [5.41, 5.74) is 1.08. The van der Waals surface area contributed by atoms with Crippen molar-refractivity contribution < 1.29 is 9.59 Å². The molecular weight excluding hydrogens is 288 g/mol. The molecule has 6 nitrogen and oxygen atoms in total. The average molecular weight is 302 g/mol. The number of hydrogen-bond donors (Lipinski definition) is 0. The molecule has 108 valence electrons. The van der Waals surface area contributed by atoms with Gasteiger partial charge in [-0.05, 0) is 12.5 Å². The smallest absolute Gasteiger partial charge is 0.249 e. The Morgan fingerprint density at radius 2 is 1.81 bits per heavy atom. The fourth-order valence-corrected chi connectivity index (χ4v) is 2.98. The van der Waals surface area contributed by atoms with Gasteiger partial charge in [-0.1, -0.05) is 30.3 Å². The number of anilines is 1. The first-order chi connectivity index (χ1) is 10.1. The Balaban J connectivity index is 1.72. The topological polar surface area (TPSA) is 66.4 Å². The summed E-state index contributed by atoms with van der Waals surface area (Å²) in [6, 6.07) is 9.79. The van der Waals surface area contributed by atoms with Crippen LogP contribution in [0.3, 0.4) is 0 Å². The molecule has 0 bridgehead atoms. The third-order valence-corrected chi connectivity index (χ3v) is 3.97. The van der Waals surface area contributed by atoms with Gasteiger partial charge in [0.2, 0.25) is 16.9 Å². The van der Waals surface area contributed by atoms with E-state index in [2.05, 4.69) is 9.36 Å². The third-order valence-electron chi connectivity index (χ3n) is 3.17. The summed E-state index contributed by atoms with van der Waals surface area (Å²) in [6.45, 7) is 2.74. The lowest BCUT2D eigenvalue weighted by Crippen LogP contribution is -2.53. The maximum atomic E-state index is 12.2. The Morgan fingerprint density at radius 1 is 1.14 bits per heavy atom. The molecule has 1 aliphatic rings. The minimum Gasteiger partial charge on any atom is -0.281 e. The van der Waals surface area contributed by atoms with Crippen LogP contribution in [0.4, 0.5) is 5.13 Å². The van der Waals surface area contributed by atoms with Crippen molar-refractivity contribution in [1.82, 2.24) is 14.3 Å². The van der Waals surface area contributed by atoms with E-state index in [1.54, 1.807) is 6.92 Å². The second-order valence-corrected chi connectivity index (χ2v) is 5.61. The van der Waals surface area contributed by atoms with Gasteiger partial charge in [0.05, 0.1) is 13.1 Å². The second kappa shape index (κ2) is 5.71. The Hall–Kier alpha value is -2.12. The molecule has 7 heteroatoms. The van der Waals surface area contributed by atoms with Crippen LogP contribution in [0.1, 0.15) is 11.4 Å². The van der Waals surface area contributed by atoms with Crippen LogP contribution in [0.15, 0.2) is 30.3 Å². The highest BCUT2D eigenvalue weighted by molar-refractivity contribution is 7.10. The number of carbonyl (C=O) groups is 2. The van der Waals surface area contributed by atoms with E-state index in [0.717, 1.165) is 22.0 Å². The second-order valence-electron chi connectivity index (χ2n) is 4.88. The highest BCUT2D eigenvalue weighted by Crippen LogP contribution is 2.21. The highest BCUT2D eigenvalue weighted by Gasteiger charge is 2.34. The number of amides is 2. The molecule has 0 N–H and O–H groups in total. The Kier molecular flexibility index (Phi) is 3.76. The molecule has 21 heavy (non-hydrogen) atoms. The predicted octanol–water partition coefficient (Wildman–Crippen LogP) is 1.22. The molecular formula is C14H14N4O2S. The Labute approximate surface area is 126 Å². The van der Waals surface area contributed by atoms with Gasteiger partial charge in [0.15, 0.2) is 0 Å². The number of nitrogens with zero attached hydrogens (tertiary/aromatic N) is 4. The van der Waals surface area contributed by atoms with Crippen LogP contribution in [0.2, 0.25) is 0 Å². The van der Waals surface area contributed by atoms with Crippen LogP contribution in [0.5, 0.6) is 0 Å². The summed E-state index contributed by atoms with van der Waals surface area (Å²) in [5.74, 6) is 0.0685. The van der Waals surface area contributed by atoms with Crippen LogP contribution >= 0.6 is 11.5 Å². The molecule has 2 aromatic rings. The number of benzene rings is 1. The number of aryl methyl sites for hydroxylation is 1. The van der Waals surface area contributed by atoms with Gasteiger partial charge in [0.1, 0.15) is 5.82 Å². The lowest BCUT2D eigenvalue weighted by Gasteiger charge is -2.30. The van der Waals surface area contributed by atoms with Crippen molar-refractivity contribution in [3.8, 4) is 0 Å². The molecule has 1 fully saturated rings. The SMILES string of the molecule is Cc1nsc(N2C(=O)CN(Cc3ccccc3)CC2=O)n1. The normalized spacial score (nSPS) is 16.5. The van der Waals surface area contributed by atoms with Crippen molar-refractivity contribution in [2.24, 2.45) is 0 Å². The highest BCUT2D eigenvalue weighted by atomic mass is 32.1. The molecule has 1 saturated heterocycles. The summed E-state index contributed by atoms with van der Waals surface area (Å²) >= 11 is 1.07. The number of imide groups is 1. The molecule has 0 radical (unpaired) electrons. The van der Waals surface area contributed by atoms with Gasteiger partial charge in [-0.25, -0.2) is 9.88 Å². The van der Waals surface area contributed by atoms with Gasteiger partial charge in [-0.15, -0.1) is 0 Å². The molecule has 1 aromatic heterocycles. The zero-order valence-electron chi connectivity index (χ0n) is 11.5. The monoisotopic (exact) mass is 302 g/mol. The predicted molar refractivity (Wildman–Crippen MR) is 78.9 cm³/mol. The molecule has 0 aliphatic carbocycles. The summed E-state index contributed by atoms with van der Waals surface area (Å²) < 4.78 is 4.02. The maximum Gasteiger partial charge on any atom is 0.249 e. The van der Waals surface area contributed by atoms with Gasteiger partial charge in [0, 0.05) is 18.1 Å². The van der Waals surface area contributed by atoms with Gasteiger partial charge >= 0.3 is 0 Å². The van der Waals surface area contributed by atoms with Crippen LogP contribution in [-0.2, 0) is 16.1 Å². The minimum absolute atomic E-state index is 0.208. The van der Waals surface area contributed by atoms with E-state index in [1.165, 1.54) is 0 Å². The van der Waals surface area contributed by atoms with Crippen LogP contribution in [-0.4, -0.2) is 39.2 Å². The maximum absolute atomic E-state index is 12.2. The summed E-state index contributed by atoms with van der Waals surface area (Å²) in [5, 5.41) is 0.363. The number of piperazine rings is 1. The molecule has 3 rings (SSSR count). The number of carbonyl (C=O) groups excluding carboxylic acids is 2. The van der Waals surface area contributed by atoms with Crippen molar-refractivity contribution in [3.05, 3.63) is 41.7 Å². The van der Waals surface area contributed by atoms with Crippen LogP contribution in [0, 0.1) is 6.92 Å². The first-order valence-electron chi connectivity index (χ1n) is 6.56. The third kappa shape index (κ3) is 2.98. The van der Waals surface area contributed by atoms with Gasteiger partial charge in [-0.2, -0.15) is 4.37 Å². The fraction of sp³-hybridized carbons (Fsp3) is 0.286. The zero-order valence-corrected chi connectivity index (χ0v) is 12.3. The number of rotatable bonds is 3. The van der Waals surface area contributed by atoms with Gasteiger partial charge in [-0.3, -0.25) is 14.5 Å². The lowest BCUT2D eigenvalue weighted by atomic mass is 10.2. The zero-order chi connectivity index (χ0) is 14.8. The lowest BCUT2D eigenvalue weighted by molar-refractivity contribution is -0.132. The molecule has 0 spiro atoms. The Bertz CT molecular complexity index is 653. The number of hydrogen-bond acceptors (Lipinski definition) is 6.